The van der Waals surface area contributed by atoms with E-state index in [1.807, 2.05) is 24.3 Å². The second-order valence-corrected chi connectivity index (χ2v) is 4.39. The first-order chi connectivity index (χ1) is 9.08. The van der Waals surface area contributed by atoms with Crippen molar-refractivity contribution in [2.24, 2.45) is 11.5 Å². The van der Waals surface area contributed by atoms with E-state index in [0.717, 1.165) is 11.1 Å². The van der Waals surface area contributed by atoms with E-state index < -0.39 is 11.9 Å². The van der Waals surface area contributed by atoms with E-state index in [1.54, 1.807) is 18.2 Å². The zero-order valence-corrected chi connectivity index (χ0v) is 10.3. The second-order valence-electron chi connectivity index (χ2n) is 4.39. The van der Waals surface area contributed by atoms with Crippen LogP contribution in [-0.4, -0.2) is 11.9 Å². The van der Waals surface area contributed by atoms with Gasteiger partial charge in [0.15, 0.2) is 0 Å². The van der Waals surface area contributed by atoms with Gasteiger partial charge in [0.2, 0.25) is 5.91 Å². The van der Waals surface area contributed by atoms with E-state index in [1.165, 1.54) is 6.07 Å². The molecule has 0 fully saturated rings. The summed E-state index contributed by atoms with van der Waals surface area (Å²) in [4.78, 5) is 10.9. The number of carbonyl (C=O) groups is 1. The van der Waals surface area contributed by atoms with E-state index in [4.69, 9.17) is 11.5 Å². The summed E-state index contributed by atoms with van der Waals surface area (Å²) in [5.74, 6) is -0.790. The van der Waals surface area contributed by atoms with Crippen LogP contribution in [-0.2, 0) is 11.2 Å². The molecule has 0 aliphatic rings. The largest absolute Gasteiger partial charge is 0.368 e. The lowest BCUT2D eigenvalue weighted by Gasteiger charge is -2.08. The average molecular weight is 258 g/mol. The molecule has 98 valence electrons. The summed E-state index contributed by atoms with van der Waals surface area (Å²) in [6.45, 7) is 0. The minimum atomic E-state index is -0.695. The molecule has 0 radical (unpaired) electrons. The quantitative estimate of drug-likeness (QED) is 0.878. The third kappa shape index (κ3) is 3.17. The van der Waals surface area contributed by atoms with Gasteiger partial charge in [-0.1, -0.05) is 42.5 Å². The van der Waals surface area contributed by atoms with Crippen molar-refractivity contribution in [3.63, 3.8) is 0 Å². The van der Waals surface area contributed by atoms with Gasteiger partial charge in [-0.05, 0) is 23.6 Å². The third-order valence-corrected chi connectivity index (χ3v) is 2.96. The second kappa shape index (κ2) is 5.63. The molecule has 19 heavy (non-hydrogen) atoms. The molecular formula is C15H15FN2O. The van der Waals surface area contributed by atoms with Crippen LogP contribution in [0.3, 0.4) is 0 Å². The molecule has 2 aromatic carbocycles. The van der Waals surface area contributed by atoms with Crippen molar-refractivity contribution in [2.75, 3.05) is 0 Å². The highest BCUT2D eigenvalue weighted by Gasteiger charge is 2.10. The van der Waals surface area contributed by atoms with Gasteiger partial charge in [-0.2, -0.15) is 0 Å². The van der Waals surface area contributed by atoms with E-state index in [9.17, 15) is 9.18 Å². The predicted octanol–water partition coefficient (Wildman–Crippen LogP) is 1.85. The molecule has 4 heteroatoms. The lowest BCUT2D eigenvalue weighted by molar-refractivity contribution is -0.119. The zero-order chi connectivity index (χ0) is 13.8. The Hall–Kier alpha value is -2.20. The van der Waals surface area contributed by atoms with Crippen molar-refractivity contribution in [1.82, 2.24) is 0 Å². The van der Waals surface area contributed by atoms with E-state index in [2.05, 4.69) is 0 Å². The number of halogens is 1. The van der Waals surface area contributed by atoms with Crippen LogP contribution < -0.4 is 11.5 Å². The molecule has 4 N–H and O–H groups in total. The molecule has 0 saturated heterocycles. The molecule has 0 unspecified atom stereocenters. The van der Waals surface area contributed by atoms with Gasteiger partial charge in [-0.3, -0.25) is 4.79 Å². The number of hydrogen-bond acceptors (Lipinski definition) is 2. The van der Waals surface area contributed by atoms with Crippen LogP contribution in [0.15, 0.2) is 48.5 Å². The number of amides is 1. The van der Waals surface area contributed by atoms with Crippen LogP contribution in [0, 0.1) is 5.82 Å². The molecule has 0 saturated carbocycles. The van der Waals surface area contributed by atoms with Gasteiger partial charge in [0.1, 0.15) is 5.82 Å². The molecule has 3 nitrogen and oxygen atoms in total. The number of benzene rings is 2. The summed E-state index contributed by atoms with van der Waals surface area (Å²) in [5.41, 5.74) is 12.9. The number of carbonyl (C=O) groups excluding carboxylic acids is 1. The van der Waals surface area contributed by atoms with Crippen molar-refractivity contribution < 1.29 is 9.18 Å². The maximum Gasteiger partial charge on any atom is 0.234 e. The number of rotatable bonds is 4. The number of primary amides is 1. The fourth-order valence-electron chi connectivity index (χ4n) is 1.87. The highest BCUT2D eigenvalue weighted by Crippen LogP contribution is 2.22. The van der Waals surface area contributed by atoms with Crippen molar-refractivity contribution in [2.45, 2.75) is 12.5 Å². The number of hydrogen-bond donors (Lipinski definition) is 2. The van der Waals surface area contributed by atoms with Crippen molar-refractivity contribution in [3.05, 3.63) is 59.9 Å². The summed E-state index contributed by atoms with van der Waals surface area (Å²) >= 11 is 0. The first-order valence-corrected chi connectivity index (χ1v) is 5.96. The molecule has 0 heterocycles. The highest BCUT2D eigenvalue weighted by atomic mass is 19.1. The molecule has 1 amide bonds. The minimum absolute atomic E-state index is 0.260. The molecule has 2 rings (SSSR count). The maximum absolute atomic E-state index is 13.6. The fraction of sp³-hybridized carbons (Fsp3) is 0.133. The van der Waals surface area contributed by atoms with Gasteiger partial charge in [0.25, 0.3) is 0 Å². The Balaban J connectivity index is 2.19. The van der Waals surface area contributed by atoms with Crippen LogP contribution in [0.1, 0.15) is 5.56 Å². The Bertz CT molecular complexity index is 581. The summed E-state index contributed by atoms with van der Waals surface area (Å²) in [6.07, 6.45) is 0.382. The Morgan fingerprint density at radius 1 is 1.11 bits per heavy atom. The van der Waals surface area contributed by atoms with Crippen LogP contribution in [0.4, 0.5) is 4.39 Å². The summed E-state index contributed by atoms with van der Waals surface area (Å²) in [7, 11) is 0. The average Bonchev–Trinajstić information content (AvgIpc) is 2.40. The fourth-order valence-corrected chi connectivity index (χ4v) is 1.87. The first-order valence-electron chi connectivity index (χ1n) is 5.96. The van der Waals surface area contributed by atoms with Gasteiger partial charge < -0.3 is 11.5 Å². The molecule has 1 atom stereocenters. The summed E-state index contributed by atoms with van der Waals surface area (Å²) in [6, 6.07) is 13.2. The Morgan fingerprint density at radius 2 is 1.74 bits per heavy atom. The zero-order valence-electron chi connectivity index (χ0n) is 10.3. The van der Waals surface area contributed by atoms with E-state index in [-0.39, 0.29) is 5.82 Å². The molecule has 0 spiro atoms. The Morgan fingerprint density at radius 3 is 2.32 bits per heavy atom. The van der Waals surface area contributed by atoms with Crippen LogP contribution in [0.25, 0.3) is 11.1 Å². The molecule has 0 aliphatic carbocycles. The lowest BCUT2D eigenvalue weighted by Crippen LogP contribution is -2.38. The van der Waals surface area contributed by atoms with Gasteiger partial charge in [0.05, 0.1) is 6.04 Å². The maximum atomic E-state index is 13.6. The molecular weight excluding hydrogens is 243 g/mol. The van der Waals surface area contributed by atoms with Crippen molar-refractivity contribution in [3.8, 4) is 11.1 Å². The first kappa shape index (κ1) is 13.2. The van der Waals surface area contributed by atoms with E-state index in [0.29, 0.717) is 12.0 Å². The SMILES string of the molecule is NC(=O)[C@@H](N)Cc1ccc(-c2ccccc2F)cc1. The van der Waals surface area contributed by atoms with Gasteiger partial charge in [0, 0.05) is 5.56 Å². The van der Waals surface area contributed by atoms with Gasteiger partial charge >= 0.3 is 0 Å². The monoisotopic (exact) mass is 258 g/mol. The summed E-state index contributed by atoms with van der Waals surface area (Å²) < 4.78 is 13.6. The smallest absolute Gasteiger partial charge is 0.234 e. The number of nitrogens with two attached hydrogens (primary N) is 2. The third-order valence-electron chi connectivity index (χ3n) is 2.96. The van der Waals surface area contributed by atoms with Gasteiger partial charge in [-0.25, -0.2) is 4.39 Å². The molecule has 2 aromatic rings. The highest BCUT2D eigenvalue weighted by molar-refractivity contribution is 5.79. The Labute approximate surface area is 111 Å². The van der Waals surface area contributed by atoms with Crippen LogP contribution >= 0.6 is 0 Å². The molecule has 0 aliphatic heterocycles. The normalized spacial score (nSPS) is 12.1. The van der Waals surface area contributed by atoms with Crippen LogP contribution in [0.2, 0.25) is 0 Å². The van der Waals surface area contributed by atoms with Gasteiger partial charge in [-0.15, -0.1) is 0 Å². The lowest BCUT2D eigenvalue weighted by atomic mass is 10.0. The minimum Gasteiger partial charge on any atom is -0.368 e. The van der Waals surface area contributed by atoms with Crippen LogP contribution in [0.5, 0.6) is 0 Å². The summed E-state index contributed by atoms with van der Waals surface area (Å²) in [5, 5.41) is 0. The van der Waals surface area contributed by atoms with Crippen molar-refractivity contribution >= 4 is 5.91 Å². The molecule has 0 bridgehead atoms. The molecule has 0 aromatic heterocycles. The van der Waals surface area contributed by atoms with Crippen molar-refractivity contribution in [1.29, 1.82) is 0 Å². The standard InChI is InChI=1S/C15H15FN2O/c16-13-4-2-1-3-12(13)11-7-5-10(6-8-11)9-14(17)15(18)19/h1-8,14H,9,17H2,(H2,18,19)/t14-/m0/s1. The topological polar surface area (TPSA) is 69.1 Å². The van der Waals surface area contributed by atoms with E-state index >= 15 is 0 Å². The predicted molar refractivity (Wildman–Crippen MR) is 72.7 cm³/mol. The Kier molecular flexibility index (Phi) is 3.92.